The summed E-state index contributed by atoms with van der Waals surface area (Å²) >= 11 is 3.27. The Bertz CT molecular complexity index is 941. The number of nitro benzene ring substituents is 1. The number of rotatable bonds is 3. The number of benzene rings is 3. The molecule has 0 unspecified atom stereocenters. The van der Waals surface area contributed by atoms with E-state index in [1.807, 2.05) is 24.3 Å². The number of nitro groups is 1. The summed E-state index contributed by atoms with van der Waals surface area (Å²) < 4.78 is 0.509. The van der Waals surface area contributed by atoms with Crippen molar-refractivity contribution < 1.29 is 4.92 Å². The molecule has 0 amide bonds. The first kappa shape index (κ1) is 15.1. The molecule has 3 aromatic rings. The second-order valence-corrected chi connectivity index (χ2v) is 5.67. The number of nitrogens with zero attached hydrogens (tertiary/aromatic N) is 3. The third-order valence-corrected chi connectivity index (χ3v) is 3.98. The van der Waals surface area contributed by atoms with Crippen molar-refractivity contribution >= 4 is 49.5 Å². The zero-order chi connectivity index (χ0) is 16.4. The molecule has 0 saturated carbocycles. The summed E-state index contributed by atoms with van der Waals surface area (Å²) in [4.78, 5) is 10.3. The van der Waals surface area contributed by atoms with Crippen molar-refractivity contribution in [1.82, 2.24) is 0 Å². The fourth-order valence-electron chi connectivity index (χ4n) is 2.19. The molecule has 0 fully saturated rings. The summed E-state index contributed by atoms with van der Waals surface area (Å²) in [6.45, 7) is 0. The Morgan fingerprint density at radius 3 is 2.30 bits per heavy atom. The number of fused-ring (bicyclic) bond motifs is 1. The predicted octanol–water partition coefficient (Wildman–Crippen LogP) is 5.51. The lowest BCUT2D eigenvalue weighted by atomic mass is 10.1. The minimum absolute atomic E-state index is 0.00578. The van der Waals surface area contributed by atoms with Gasteiger partial charge in [0.15, 0.2) is 0 Å². The van der Waals surface area contributed by atoms with Crippen LogP contribution in [-0.2, 0) is 0 Å². The molecule has 0 bridgehead atoms. The van der Waals surface area contributed by atoms with Crippen molar-refractivity contribution in [2.24, 2.45) is 10.2 Å². The van der Waals surface area contributed by atoms with Crippen LogP contribution in [0.1, 0.15) is 0 Å². The van der Waals surface area contributed by atoms with Gasteiger partial charge in [-0.3, -0.25) is 10.1 Å². The average Bonchev–Trinajstić information content (AvgIpc) is 2.55. The van der Waals surface area contributed by atoms with Gasteiger partial charge in [-0.25, -0.2) is 0 Å². The normalized spacial score (nSPS) is 11.2. The second-order valence-electron chi connectivity index (χ2n) is 4.81. The molecule has 0 atom stereocenters. The van der Waals surface area contributed by atoms with Crippen molar-refractivity contribution in [2.75, 3.05) is 5.73 Å². The number of nitrogen functional groups attached to an aromatic ring is 1. The number of halogens is 1. The Hall–Kier alpha value is -2.80. The molecule has 0 spiro atoms. The number of anilines is 1. The van der Waals surface area contributed by atoms with E-state index in [1.54, 1.807) is 18.2 Å². The van der Waals surface area contributed by atoms with Crippen molar-refractivity contribution in [3.05, 3.63) is 69.2 Å². The van der Waals surface area contributed by atoms with E-state index in [1.165, 1.54) is 12.1 Å². The minimum Gasteiger partial charge on any atom is -0.398 e. The Morgan fingerprint density at radius 1 is 0.957 bits per heavy atom. The summed E-state index contributed by atoms with van der Waals surface area (Å²) in [6.07, 6.45) is 0. The fraction of sp³-hybridized carbons (Fsp3) is 0. The SMILES string of the molecule is Nc1ccc(N=Nc2ccc([N+](=O)[O-])cc2Br)c2ccccc12. The smallest absolute Gasteiger partial charge is 0.270 e. The standard InChI is InChI=1S/C16H11BrN4O2/c17-13-9-10(21(22)23)5-7-16(13)20-19-15-8-6-14(18)11-3-1-2-4-12(11)15/h1-9H,18H2. The van der Waals surface area contributed by atoms with E-state index in [0.29, 0.717) is 21.5 Å². The van der Waals surface area contributed by atoms with Crippen molar-refractivity contribution in [3.8, 4) is 0 Å². The lowest BCUT2D eigenvalue weighted by Gasteiger charge is -2.04. The zero-order valence-electron chi connectivity index (χ0n) is 11.8. The van der Waals surface area contributed by atoms with Gasteiger partial charge in [-0.05, 0) is 34.1 Å². The summed E-state index contributed by atoms with van der Waals surface area (Å²) in [5.41, 5.74) is 7.82. The molecule has 23 heavy (non-hydrogen) atoms. The first-order chi connectivity index (χ1) is 11.1. The van der Waals surface area contributed by atoms with Gasteiger partial charge in [0.1, 0.15) is 5.69 Å². The topological polar surface area (TPSA) is 93.9 Å². The van der Waals surface area contributed by atoms with Crippen molar-refractivity contribution in [3.63, 3.8) is 0 Å². The molecule has 0 radical (unpaired) electrons. The Balaban J connectivity index is 2.01. The van der Waals surface area contributed by atoms with Gasteiger partial charge < -0.3 is 5.73 Å². The van der Waals surface area contributed by atoms with Crippen molar-refractivity contribution in [1.29, 1.82) is 0 Å². The van der Waals surface area contributed by atoms with Crippen LogP contribution in [0.15, 0.2) is 69.3 Å². The fourth-order valence-corrected chi connectivity index (χ4v) is 2.64. The van der Waals surface area contributed by atoms with Crippen LogP contribution in [0.3, 0.4) is 0 Å². The number of hydrogen-bond acceptors (Lipinski definition) is 5. The average molecular weight is 371 g/mol. The first-order valence-corrected chi connectivity index (χ1v) is 7.48. The largest absolute Gasteiger partial charge is 0.398 e. The molecule has 0 heterocycles. The highest BCUT2D eigenvalue weighted by Gasteiger charge is 2.09. The lowest BCUT2D eigenvalue weighted by Crippen LogP contribution is -1.87. The maximum absolute atomic E-state index is 10.7. The van der Waals surface area contributed by atoms with E-state index in [2.05, 4.69) is 26.2 Å². The number of nitrogens with two attached hydrogens (primary N) is 1. The summed E-state index contributed by atoms with van der Waals surface area (Å²) in [5, 5.41) is 21.0. The Labute approximate surface area is 139 Å². The third kappa shape index (κ3) is 3.04. The van der Waals surface area contributed by atoms with E-state index in [-0.39, 0.29) is 5.69 Å². The molecule has 6 nitrogen and oxygen atoms in total. The first-order valence-electron chi connectivity index (χ1n) is 6.69. The molecule has 0 aliphatic heterocycles. The van der Waals surface area contributed by atoms with Gasteiger partial charge in [-0.2, -0.15) is 0 Å². The van der Waals surface area contributed by atoms with Gasteiger partial charge in [-0.1, -0.05) is 24.3 Å². The van der Waals surface area contributed by atoms with Gasteiger partial charge in [0.05, 0.1) is 15.1 Å². The summed E-state index contributed by atoms with van der Waals surface area (Å²) in [5.74, 6) is 0. The highest BCUT2D eigenvalue weighted by Crippen LogP contribution is 2.34. The van der Waals surface area contributed by atoms with E-state index in [0.717, 1.165) is 10.8 Å². The number of non-ortho nitro benzene ring substituents is 1. The van der Waals surface area contributed by atoms with Crippen LogP contribution < -0.4 is 5.73 Å². The van der Waals surface area contributed by atoms with Crippen LogP contribution in [0.4, 0.5) is 22.7 Å². The summed E-state index contributed by atoms with van der Waals surface area (Å²) in [6, 6.07) is 15.6. The molecule has 0 aliphatic rings. The van der Waals surface area contributed by atoms with Gasteiger partial charge in [-0.15, -0.1) is 10.2 Å². The quantitative estimate of drug-likeness (QED) is 0.285. The van der Waals surface area contributed by atoms with Crippen LogP contribution in [-0.4, -0.2) is 4.92 Å². The molecule has 0 saturated heterocycles. The molecule has 0 aromatic heterocycles. The highest BCUT2D eigenvalue weighted by atomic mass is 79.9. The molecule has 0 aliphatic carbocycles. The van der Waals surface area contributed by atoms with Crippen LogP contribution in [0.5, 0.6) is 0 Å². The molecule has 114 valence electrons. The summed E-state index contributed by atoms with van der Waals surface area (Å²) in [7, 11) is 0. The lowest BCUT2D eigenvalue weighted by molar-refractivity contribution is -0.384. The molecular formula is C16H11BrN4O2. The van der Waals surface area contributed by atoms with Crippen LogP contribution >= 0.6 is 15.9 Å². The third-order valence-electron chi connectivity index (χ3n) is 3.34. The van der Waals surface area contributed by atoms with E-state index in [9.17, 15) is 10.1 Å². The molecule has 2 N–H and O–H groups in total. The van der Waals surface area contributed by atoms with Gasteiger partial charge in [0.25, 0.3) is 5.69 Å². The maximum Gasteiger partial charge on any atom is 0.270 e. The molecule has 3 aromatic carbocycles. The Kier molecular flexibility index (Phi) is 4.03. The molecule has 7 heteroatoms. The molecular weight excluding hydrogens is 360 g/mol. The van der Waals surface area contributed by atoms with Crippen molar-refractivity contribution in [2.45, 2.75) is 0 Å². The van der Waals surface area contributed by atoms with Gasteiger partial charge in [0.2, 0.25) is 0 Å². The van der Waals surface area contributed by atoms with E-state index < -0.39 is 4.92 Å². The van der Waals surface area contributed by atoms with Crippen LogP contribution in [0.2, 0.25) is 0 Å². The van der Waals surface area contributed by atoms with E-state index >= 15 is 0 Å². The molecule has 3 rings (SSSR count). The zero-order valence-corrected chi connectivity index (χ0v) is 13.4. The van der Waals surface area contributed by atoms with Crippen LogP contribution in [0, 0.1) is 10.1 Å². The monoisotopic (exact) mass is 370 g/mol. The van der Waals surface area contributed by atoms with Gasteiger partial charge in [0, 0.05) is 28.6 Å². The Morgan fingerprint density at radius 2 is 1.61 bits per heavy atom. The number of azo groups is 1. The highest BCUT2D eigenvalue weighted by molar-refractivity contribution is 9.10. The minimum atomic E-state index is -0.459. The van der Waals surface area contributed by atoms with Gasteiger partial charge >= 0.3 is 0 Å². The second kappa shape index (κ2) is 6.13. The number of hydrogen-bond donors (Lipinski definition) is 1. The van der Waals surface area contributed by atoms with Crippen LogP contribution in [0.25, 0.3) is 10.8 Å². The maximum atomic E-state index is 10.7. The van der Waals surface area contributed by atoms with E-state index in [4.69, 9.17) is 5.73 Å². The predicted molar refractivity (Wildman–Crippen MR) is 93.3 cm³/mol.